The Morgan fingerprint density at radius 3 is 2.65 bits per heavy atom. The molecule has 0 aromatic carbocycles. The highest BCUT2D eigenvalue weighted by Gasteiger charge is 2.45. The molecule has 1 N–H and O–H groups in total. The third-order valence-corrected chi connectivity index (χ3v) is 4.76. The number of hydrogen-bond acceptors (Lipinski definition) is 2. The molecule has 0 heterocycles. The van der Waals surface area contributed by atoms with Crippen molar-refractivity contribution in [2.75, 3.05) is 0 Å². The minimum absolute atomic E-state index is 0.0111. The molecule has 94 valence electrons. The quantitative estimate of drug-likeness (QED) is 0.645. The van der Waals surface area contributed by atoms with E-state index >= 15 is 0 Å². The van der Waals surface area contributed by atoms with Crippen LogP contribution < -0.4 is 0 Å². The molecule has 0 aliphatic heterocycles. The van der Waals surface area contributed by atoms with E-state index in [2.05, 4.69) is 13.8 Å². The van der Waals surface area contributed by atoms with E-state index in [9.17, 15) is 9.90 Å². The summed E-state index contributed by atoms with van der Waals surface area (Å²) in [7, 11) is 0. The third kappa shape index (κ3) is 1.74. The van der Waals surface area contributed by atoms with Crippen LogP contribution in [0.1, 0.15) is 53.4 Å². The molecule has 1 fully saturated rings. The Labute approximate surface area is 103 Å². The summed E-state index contributed by atoms with van der Waals surface area (Å²) in [5.74, 6) is 0.448. The molecule has 0 radical (unpaired) electrons. The van der Waals surface area contributed by atoms with Crippen LogP contribution >= 0.6 is 0 Å². The topological polar surface area (TPSA) is 37.3 Å². The lowest BCUT2D eigenvalue weighted by Gasteiger charge is -2.45. The van der Waals surface area contributed by atoms with Crippen LogP contribution in [0.5, 0.6) is 0 Å². The zero-order valence-electron chi connectivity index (χ0n) is 11.3. The maximum Gasteiger partial charge on any atom is 0.223 e. The van der Waals surface area contributed by atoms with E-state index in [1.54, 1.807) is 0 Å². The molecule has 0 bridgehead atoms. The Hall–Kier alpha value is -1.05. The van der Waals surface area contributed by atoms with Gasteiger partial charge in [0.1, 0.15) is 0 Å². The average molecular weight is 234 g/mol. The number of rotatable bonds is 0. The largest absolute Gasteiger partial charge is 0.504 e. The van der Waals surface area contributed by atoms with Gasteiger partial charge in [0.05, 0.1) is 0 Å². The molecule has 2 atom stereocenters. The summed E-state index contributed by atoms with van der Waals surface area (Å²) in [4.78, 5) is 12.1. The van der Waals surface area contributed by atoms with Crippen molar-refractivity contribution in [2.24, 2.45) is 11.3 Å². The predicted octanol–water partition coefficient (Wildman–Crippen LogP) is 3.93. The van der Waals surface area contributed by atoms with Crippen molar-refractivity contribution < 1.29 is 9.90 Å². The van der Waals surface area contributed by atoms with Gasteiger partial charge in [0.25, 0.3) is 0 Å². The first-order chi connectivity index (χ1) is 7.88. The highest BCUT2D eigenvalue weighted by atomic mass is 16.3. The van der Waals surface area contributed by atoms with Crippen LogP contribution in [0.3, 0.4) is 0 Å². The van der Waals surface area contributed by atoms with E-state index in [1.165, 1.54) is 6.42 Å². The maximum atomic E-state index is 12.1. The fourth-order valence-corrected chi connectivity index (χ4v) is 3.29. The standard InChI is InChI=1S/C15H22O2/c1-9(2)11-8-15(4)10(3)6-5-7-12(15)14(17)13(11)16/h10,17H,5-8H2,1-4H3. The number of aliphatic hydroxyl groups is 1. The van der Waals surface area contributed by atoms with E-state index in [-0.39, 0.29) is 17.0 Å². The minimum atomic E-state index is -0.133. The van der Waals surface area contributed by atoms with Gasteiger partial charge in [-0.15, -0.1) is 0 Å². The SMILES string of the molecule is CC(C)=C1CC2(C)C(=C(O)C1=O)CCCC2C. The average Bonchev–Trinajstić information content (AvgIpc) is 2.26. The fraction of sp³-hybridized carbons (Fsp3) is 0.667. The molecule has 0 spiro atoms. The summed E-state index contributed by atoms with van der Waals surface area (Å²) in [6.07, 6.45) is 3.97. The normalized spacial score (nSPS) is 33.8. The van der Waals surface area contributed by atoms with Crippen LogP contribution in [0.15, 0.2) is 22.5 Å². The van der Waals surface area contributed by atoms with Crippen molar-refractivity contribution >= 4 is 5.78 Å². The molecule has 2 unspecified atom stereocenters. The molecule has 2 heteroatoms. The first kappa shape index (κ1) is 12.4. The Morgan fingerprint density at radius 2 is 2.06 bits per heavy atom. The monoisotopic (exact) mass is 234 g/mol. The zero-order chi connectivity index (χ0) is 12.8. The molecule has 2 rings (SSSR count). The third-order valence-electron chi connectivity index (χ3n) is 4.76. The summed E-state index contributed by atoms with van der Waals surface area (Å²) in [6, 6.07) is 0. The van der Waals surface area contributed by atoms with Gasteiger partial charge in [-0.05, 0) is 56.4 Å². The van der Waals surface area contributed by atoms with Crippen LogP contribution in [0, 0.1) is 11.3 Å². The summed E-state index contributed by atoms with van der Waals surface area (Å²) >= 11 is 0. The second-order valence-corrected chi connectivity index (χ2v) is 6.02. The van der Waals surface area contributed by atoms with Crippen molar-refractivity contribution in [1.29, 1.82) is 0 Å². The minimum Gasteiger partial charge on any atom is -0.504 e. The Kier molecular flexibility index (Phi) is 2.92. The van der Waals surface area contributed by atoms with E-state index in [1.807, 2.05) is 13.8 Å². The molecule has 1 saturated carbocycles. The van der Waals surface area contributed by atoms with Crippen LogP contribution in [0.2, 0.25) is 0 Å². The van der Waals surface area contributed by atoms with Gasteiger partial charge in [0.2, 0.25) is 5.78 Å². The van der Waals surface area contributed by atoms with Crippen molar-refractivity contribution in [3.05, 3.63) is 22.5 Å². The van der Waals surface area contributed by atoms with Gasteiger partial charge in [-0.1, -0.05) is 19.4 Å². The first-order valence-electron chi connectivity index (χ1n) is 6.51. The first-order valence-corrected chi connectivity index (χ1v) is 6.51. The van der Waals surface area contributed by atoms with Gasteiger partial charge in [-0.25, -0.2) is 0 Å². The molecule has 2 nitrogen and oxygen atoms in total. The highest BCUT2D eigenvalue weighted by Crippen LogP contribution is 2.52. The Morgan fingerprint density at radius 1 is 1.41 bits per heavy atom. The molecule has 2 aliphatic rings. The fourth-order valence-electron chi connectivity index (χ4n) is 3.29. The van der Waals surface area contributed by atoms with Crippen LogP contribution in [0.4, 0.5) is 0 Å². The van der Waals surface area contributed by atoms with Crippen LogP contribution in [0.25, 0.3) is 0 Å². The maximum absolute atomic E-state index is 12.1. The van der Waals surface area contributed by atoms with Gasteiger partial charge in [0.15, 0.2) is 5.76 Å². The number of carbonyl (C=O) groups excluding carboxylic acids is 1. The zero-order valence-corrected chi connectivity index (χ0v) is 11.3. The second-order valence-electron chi connectivity index (χ2n) is 6.02. The van der Waals surface area contributed by atoms with Gasteiger partial charge < -0.3 is 5.11 Å². The van der Waals surface area contributed by atoms with Gasteiger partial charge >= 0.3 is 0 Å². The Balaban J connectivity index is 2.58. The van der Waals surface area contributed by atoms with E-state index < -0.39 is 0 Å². The predicted molar refractivity (Wildman–Crippen MR) is 68.8 cm³/mol. The lowest BCUT2D eigenvalue weighted by atomic mass is 9.59. The Bertz CT molecular complexity index is 424. The lowest BCUT2D eigenvalue weighted by Crippen LogP contribution is -2.38. The van der Waals surface area contributed by atoms with E-state index in [0.717, 1.165) is 36.0 Å². The van der Waals surface area contributed by atoms with Gasteiger partial charge in [-0.2, -0.15) is 0 Å². The summed E-state index contributed by atoms with van der Waals surface area (Å²) < 4.78 is 0. The smallest absolute Gasteiger partial charge is 0.223 e. The van der Waals surface area contributed by atoms with Crippen molar-refractivity contribution in [2.45, 2.75) is 53.4 Å². The van der Waals surface area contributed by atoms with Crippen molar-refractivity contribution in [1.82, 2.24) is 0 Å². The van der Waals surface area contributed by atoms with E-state index in [4.69, 9.17) is 0 Å². The molecule has 2 aliphatic carbocycles. The van der Waals surface area contributed by atoms with Crippen molar-refractivity contribution in [3.63, 3.8) is 0 Å². The second kappa shape index (κ2) is 4.01. The number of ketones is 1. The number of carbonyl (C=O) groups is 1. The van der Waals surface area contributed by atoms with Gasteiger partial charge in [0, 0.05) is 5.57 Å². The molecule has 0 amide bonds. The van der Waals surface area contributed by atoms with Crippen LogP contribution in [-0.2, 0) is 4.79 Å². The highest BCUT2D eigenvalue weighted by molar-refractivity contribution is 6.08. The summed E-state index contributed by atoms with van der Waals surface area (Å²) in [5, 5.41) is 10.2. The number of fused-ring (bicyclic) bond motifs is 1. The van der Waals surface area contributed by atoms with Crippen molar-refractivity contribution in [3.8, 4) is 0 Å². The molecule has 0 aromatic heterocycles. The number of Topliss-reactive ketones (excluding diaryl/α,β-unsaturated/α-hetero) is 1. The molecule has 0 saturated heterocycles. The number of allylic oxidation sites excluding steroid dienone is 3. The molecule has 17 heavy (non-hydrogen) atoms. The molecule has 0 aromatic rings. The summed E-state index contributed by atoms with van der Waals surface area (Å²) in [5.41, 5.74) is 2.86. The molecular formula is C15H22O2. The van der Waals surface area contributed by atoms with E-state index in [0.29, 0.717) is 5.92 Å². The van der Waals surface area contributed by atoms with Crippen LogP contribution in [-0.4, -0.2) is 10.9 Å². The molecular weight excluding hydrogens is 212 g/mol. The number of hydrogen-bond donors (Lipinski definition) is 1. The number of aliphatic hydroxyl groups excluding tert-OH is 1. The lowest BCUT2D eigenvalue weighted by molar-refractivity contribution is -0.116. The van der Waals surface area contributed by atoms with Gasteiger partial charge in [-0.3, -0.25) is 4.79 Å². The summed E-state index contributed by atoms with van der Waals surface area (Å²) in [6.45, 7) is 8.37.